The Morgan fingerprint density at radius 3 is 2.80 bits per heavy atom. The highest BCUT2D eigenvalue weighted by atomic mass is 35.5. The number of aromatic amines is 1. The number of benzene rings is 1. The smallest absolute Gasteiger partial charge is 0.246 e. The van der Waals surface area contributed by atoms with Crippen molar-refractivity contribution in [2.45, 2.75) is 13.0 Å². The number of halogens is 1. The minimum absolute atomic E-state index is 0.120. The Labute approximate surface area is 151 Å². The van der Waals surface area contributed by atoms with Crippen LogP contribution in [0.25, 0.3) is 17.0 Å². The van der Waals surface area contributed by atoms with Crippen LogP contribution < -0.4 is 5.73 Å². The molecule has 1 unspecified atom stereocenters. The normalized spacial score (nSPS) is 12.6. The third-order valence-electron chi connectivity index (χ3n) is 4.27. The number of nitrogens with zero attached hydrogens (tertiary/aromatic N) is 2. The highest BCUT2D eigenvalue weighted by molar-refractivity contribution is 6.31. The molecule has 0 bridgehead atoms. The summed E-state index contributed by atoms with van der Waals surface area (Å²) in [7, 11) is 1.76. The first-order valence-electron chi connectivity index (χ1n) is 7.90. The van der Waals surface area contributed by atoms with Gasteiger partial charge in [-0.2, -0.15) is 0 Å². The molecule has 3 aromatic rings. The number of pyridine rings is 1. The largest absolute Gasteiger partial charge is 0.384 e. The Hall–Kier alpha value is -2.79. The number of amides is 1. The highest BCUT2D eigenvalue weighted by Gasteiger charge is 2.21. The SMILES string of the molecule is CC(c1c(Cl)[nH]c2ccccc12)N(C)C(=O)C=Cc1ccc(N)nc1. The zero-order valence-electron chi connectivity index (χ0n) is 14.0. The molecular weight excluding hydrogens is 336 g/mol. The summed E-state index contributed by atoms with van der Waals surface area (Å²) in [6.07, 6.45) is 4.86. The van der Waals surface area contributed by atoms with Crippen LogP contribution in [-0.4, -0.2) is 27.8 Å². The summed E-state index contributed by atoms with van der Waals surface area (Å²) >= 11 is 6.37. The van der Waals surface area contributed by atoms with Crippen LogP contribution in [0.15, 0.2) is 48.7 Å². The molecule has 1 amide bonds. The molecule has 0 spiro atoms. The summed E-state index contributed by atoms with van der Waals surface area (Å²) in [6.45, 7) is 1.96. The number of rotatable bonds is 4. The van der Waals surface area contributed by atoms with Crippen molar-refractivity contribution in [3.05, 3.63) is 65.0 Å². The van der Waals surface area contributed by atoms with E-state index in [2.05, 4.69) is 9.97 Å². The summed E-state index contributed by atoms with van der Waals surface area (Å²) in [4.78, 5) is 21.3. The fraction of sp³-hybridized carbons (Fsp3) is 0.158. The van der Waals surface area contributed by atoms with Crippen molar-refractivity contribution in [2.24, 2.45) is 0 Å². The number of nitrogens with two attached hydrogens (primary N) is 1. The standard InChI is InChI=1S/C19H19ClN4O/c1-12(18-14-5-3-4-6-15(14)23-19(18)20)24(2)17(25)10-8-13-7-9-16(21)22-11-13/h3-12,23H,1-2H3,(H2,21,22). The van der Waals surface area contributed by atoms with Gasteiger partial charge in [0.15, 0.2) is 0 Å². The van der Waals surface area contributed by atoms with E-state index < -0.39 is 0 Å². The van der Waals surface area contributed by atoms with Crippen molar-refractivity contribution < 1.29 is 4.79 Å². The fourth-order valence-electron chi connectivity index (χ4n) is 2.72. The van der Waals surface area contributed by atoms with Crippen molar-refractivity contribution >= 4 is 40.3 Å². The quantitative estimate of drug-likeness (QED) is 0.694. The van der Waals surface area contributed by atoms with Crippen LogP contribution >= 0.6 is 11.6 Å². The van der Waals surface area contributed by atoms with E-state index in [4.69, 9.17) is 17.3 Å². The van der Waals surface area contributed by atoms with Gasteiger partial charge in [-0.25, -0.2) is 4.98 Å². The summed E-state index contributed by atoms with van der Waals surface area (Å²) < 4.78 is 0. The molecular formula is C19H19ClN4O. The molecule has 0 radical (unpaired) electrons. The second-order valence-electron chi connectivity index (χ2n) is 5.87. The molecule has 5 nitrogen and oxygen atoms in total. The minimum atomic E-state index is -0.176. The molecule has 2 heterocycles. The first-order chi connectivity index (χ1) is 12.0. The molecule has 0 aliphatic rings. The summed E-state index contributed by atoms with van der Waals surface area (Å²) in [5, 5.41) is 1.58. The number of likely N-dealkylation sites (N-methyl/N-ethyl adjacent to an activating group) is 1. The van der Waals surface area contributed by atoms with E-state index in [9.17, 15) is 4.79 Å². The van der Waals surface area contributed by atoms with Crippen LogP contribution in [0.4, 0.5) is 5.82 Å². The molecule has 3 N–H and O–H groups in total. The molecule has 3 rings (SSSR count). The van der Waals surface area contributed by atoms with Gasteiger partial charge in [0.2, 0.25) is 5.91 Å². The van der Waals surface area contributed by atoms with Crippen molar-refractivity contribution in [2.75, 3.05) is 12.8 Å². The van der Waals surface area contributed by atoms with Gasteiger partial charge < -0.3 is 15.6 Å². The summed E-state index contributed by atoms with van der Waals surface area (Å²) in [6, 6.07) is 11.2. The monoisotopic (exact) mass is 354 g/mol. The van der Waals surface area contributed by atoms with Crippen molar-refractivity contribution in [1.82, 2.24) is 14.9 Å². The van der Waals surface area contributed by atoms with Crippen molar-refractivity contribution in [3.63, 3.8) is 0 Å². The van der Waals surface area contributed by atoms with E-state index in [0.717, 1.165) is 22.0 Å². The van der Waals surface area contributed by atoms with Gasteiger partial charge in [0.1, 0.15) is 11.0 Å². The van der Waals surface area contributed by atoms with E-state index in [1.165, 1.54) is 6.08 Å². The summed E-state index contributed by atoms with van der Waals surface area (Å²) in [5.74, 6) is 0.328. The van der Waals surface area contributed by atoms with Crippen molar-refractivity contribution in [3.8, 4) is 0 Å². The molecule has 25 heavy (non-hydrogen) atoms. The number of carbonyl (C=O) groups excluding carboxylic acids is 1. The lowest BCUT2D eigenvalue weighted by Gasteiger charge is -2.24. The van der Waals surface area contributed by atoms with Crippen LogP contribution in [0, 0.1) is 0 Å². The number of carbonyl (C=O) groups is 1. The van der Waals surface area contributed by atoms with Crippen LogP contribution in [0.1, 0.15) is 24.1 Å². The average Bonchev–Trinajstić information content (AvgIpc) is 2.95. The Bertz CT molecular complexity index is 930. The van der Waals surface area contributed by atoms with Gasteiger partial charge in [0, 0.05) is 35.8 Å². The van der Waals surface area contributed by atoms with E-state index >= 15 is 0 Å². The van der Waals surface area contributed by atoms with Gasteiger partial charge >= 0.3 is 0 Å². The lowest BCUT2D eigenvalue weighted by molar-refractivity contribution is -0.126. The number of fused-ring (bicyclic) bond motifs is 1. The Balaban J connectivity index is 1.81. The predicted molar refractivity (Wildman–Crippen MR) is 102 cm³/mol. The summed E-state index contributed by atoms with van der Waals surface area (Å²) in [5.41, 5.74) is 8.24. The van der Waals surface area contributed by atoms with Crippen LogP contribution in [0.5, 0.6) is 0 Å². The first-order valence-corrected chi connectivity index (χ1v) is 8.27. The Kier molecular flexibility index (Phi) is 4.76. The van der Waals surface area contributed by atoms with Gasteiger partial charge in [0.05, 0.1) is 6.04 Å². The number of para-hydroxylation sites is 1. The molecule has 0 aliphatic carbocycles. The molecule has 0 fully saturated rings. The third-order valence-corrected chi connectivity index (χ3v) is 4.57. The molecule has 1 aromatic carbocycles. The van der Waals surface area contributed by atoms with Gasteiger partial charge in [-0.1, -0.05) is 29.8 Å². The lowest BCUT2D eigenvalue weighted by atomic mass is 10.1. The first kappa shape index (κ1) is 17.0. The fourth-order valence-corrected chi connectivity index (χ4v) is 3.09. The maximum absolute atomic E-state index is 12.5. The average molecular weight is 355 g/mol. The maximum Gasteiger partial charge on any atom is 0.246 e. The van der Waals surface area contributed by atoms with Crippen molar-refractivity contribution in [1.29, 1.82) is 0 Å². The number of H-pyrrole nitrogens is 1. The van der Waals surface area contributed by atoms with Gasteiger partial charge in [0.25, 0.3) is 0 Å². The maximum atomic E-state index is 12.5. The van der Waals surface area contributed by atoms with E-state index in [0.29, 0.717) is 11.0 Å². The number of anilines is 1. The van der Waals surface area contributed by atoms with E-state index in [-0.39, 0.29) is 11.9 Å². The molecule has 6 heteroatoms. The molecule has 0 aliphatic heterocycles. The predicted octanol–water partition coefficient (Wildman–Crippen LogP) is 4.03. The minimum Gasteiger partial charge on any atom is -0.384 e. The highest BCUT2D eigenvalue weighted by Crippen LogP contribution is 2.33. The van der Waals surface area contributed by atoms with Crippen LogP contribution in [0.2, 0.25) is 5.15 Å². The van der Waals surface area contributed by atoms with Crippen LogP contribution in [-0.2, 0) is 4.79 Å². The number of hydrogen-bond donors (Lipinski definition) is 2. The second-order valence-corrected chi connectivity index (χ2v) is 6.25. The third kappa shape index (κ3) is 3.51. The van der Waals surface area contributed by atoms with E-state index in [1.807, 2.05) is 37.3 Å². The van der Waals surface area contributed by atoms with Gasteiger partial charge in [-0.15, -0.1) is 0 Å². The number of nitrogens with one attached hydrogen (secondary N) is 1. The molecule has 1 atom stereocenters. The number of nitrogen functional groups attached to an aromatic ring is 1. The number of aromatic nitrogens is 2. The molecule has 2 aromatic heterocycles. The molecule has 0 saturated carbocycles. The molecule has 128 valence electrons. The Morgan fingerprint density at radius 1 is 1.32 bits per heavy atom. The van der Waals surface area contributed by atoms with E-state index in [1.54, 1.807) is 30.3 Å². The van der Waals surface area contributed by atoms with Gasteiger partial charge in [-0.3, -0.25) is 4.79 Å². The molecule has 0 saturated heterocycles. The van der Waals surface area contributed by atoms with Crippen LogP contribution in [0.3, 0.4) is 0 Å². The second kappa shape index (κ2) is 6.99. The zero-order chi connectivity index (χ0) is 18.0. The lowest BCUT2D eigenvalue weighted by Crippen LogP contribution is -2.28. The topological polar surface area (TPSA) is 75.0 Å². The zero-order valence-corrected chi connectivity index (χ0v) is 14.8. The Morgan fingerprint density at radius 2 is 2.08 bits per heavy atom. The van der Waals surface area contributed by atoms with Gasteiger partial charge in [-0.05, 0) is 36.8 Å². The number of hydrogen-bond acceptors (Lipinski definition) is 3.